The summed E-state index contributed by atoms with van der Waals surface area (Å²) >= 11 is 0. The van der Waals surface area contributed by atoms with Crippen molar-refractivity contribution in [3.8, 4) is 0 Å². The van der Waals surface area contributed by atoms with Gasteiger partial charge < -0.3 is 10.5 Å². The lowest BCUT2D eigenvalue weighted by Crippen LogP contribution is -2.37. The Morgan fingerprint density at radius 3 is 2.56 bits per heavy atom. The van der Waals surface area contributed by atoms with Crippen LogP contribution in [0.15, 0.2) is 24.3 Å². The maximum absolute atomic E-state index is 13.4. The molecule has 2 N–H and O–H groups in total. The second-order valence-electron chi connectivity index (χ2n) is 5.27. The van der Waals surface area contributed by atoms with E-state index in [-0.39, 0.29) is 5.82 Å². The summed E-state index contributed by atoms with van der Waals surface area (Å²) in [6, 6.07) is 5.76. The van der Waals surface area contributed by atoms with Gasteiger partial charge in [-0.25, -0.2) is 4.39 Å². The molecule has 1 atom stereocenters. The molecule has 1 unspecified atom stereocenters. The van der Waals surface area contributed by atoms with Crippen LogP contribution >= 0.6 is 0 Å². The van der Waals surface area contributed by atoms with Crippen molar-refractivity contribution >= 4 is 5.97 Å². The Morgan fingerprint density at radius 2 is 2.00 bits per heavy atom. The summed E-state index contributed by atoms with van der Waals surface area (Å²) in [5.74, 6) is -0.715. The zero-order chi connectivity index (χ0) is 13.8. The highest BCUT2D eigenvalue weighted by molar-refractivity contribution is 5.75. The number of hydrogen-bond donors (Lipinski definition) is 1. The van der Waals surface area contributed by atoms with Crippen LogP contribution in [0.25, 0.3) is 0 Å². The zero-order valence-corrected chi connectivity index (χ0v) is 11.1. The van der Waals surface area contributed by atoms with E-state index in [9.17, 15) is 9.18 Å². The van der Waals surface area contributed by atoms with Crippen molar-refractivity contribution in [2.24, 2.45) is 5.73 Å². The highest BCUT2D eigenvalue weighted by Crippen LogP contribution is 2.12. The predicted octanol–water partition coefficient (Wildman–Crippen LogP) is 2.43. The Labute approximate surface area is 107 Å². The summed E-state index contributed by atoms with van der Waals surface area (Å²) in [7, 11) is 0. The number of benzene rings is 1. The molecule has 18 heavy (non-hydrogen) atoms. The van der Waals surface area contributed by atoms with Gasteiger partial charge in [0.1, 0.15) is 17.5 Å². The smallest absolute Gasteiger partial charge is 0.323 e. The van der Waals surface area contributed by atoms with Crippen LogP contribution in [0.2, 0.25) is 0 Å². The standard InChI is InChI=1S/C14H20FNO2/c1-14(2,3)18-13(17)12(16)9-8-10-6-4-5-7-11(10)15/h4-7,12H,8-9,16H2,1-3H3. The lowest BCUT2D eigenvalue weighted by molar-refractivity contribution is -0.156. The van der Waals surface area contributed by atoms with Crippen molar-refractivity contribution in [1.29, 1.82) is 0 Å². The Bertz CT molecular complexity index is 413. The van der Waals surface area contributed by atoms with Crippen LogP contribution in [0.1, 0.15) is 32.8 Å². The number of carbonyl (C=O) groups excluding carboxylic acids is 1. The number of rotatable bonds is 4. The lowest BCUT2D eigenvalue weighted by atomic mass is 10.1. The minimum absolute atomic E-state index is 0.270. The minimum atomic E-state index is -0.719. The molecule has 3 nitrogen and oxygen atoms in total. The highest BCUT2D eigenvalue weighted by Gasteiger charge is 2.22. The summed E-state index contributed by atoms with van der Waals surface area (Å²) in [6.07, 6.45) is 0.795. The molecule has 0 saturated carbocycles. The van der Waals surface area contributed by atoms with Gasteiger partial charge in [0.05, 0.1) is 0 Å². The van der Waals surface area contributed by atoms with Gasteiger partial charge in [-0.3, -0.25) is 4.79 Å². The topological polar surface area (TPSA) is 52.3 Å². The van der Waals surface area contributed by atoms with E-state index in [2.05, 4.69) is 0 Å². The van der Waals surface area contributed by atoms with Crippen LogP contribution in [0.4, 0.5) is 4.39 Å². The molecule has 0 fully saturated rings. The molecule has 0 aromatic heterocycles. The quantitative estimate of drug-likeness (QED) is 0.838. The first-order valence-electron chi connectivity index (χ1n) is 6.01. The molecule has 1 aromatic rings. The van der Waals surface area contributed by atoms with E-state index in [1.165, 1.54) is 6.07 Å². The van der Waals surface area contributed by atoms with E-state index >= 15 is 0 Å². The van der Waals surface area contributed by atoms with Gasteiger partial charge in [0.15, 0.2) is 0 Å². The first-order valence-corrected chi connectivity index (χ1v) is 6.01. The van der Waals surface area contributed by atoms with Gasteiger partial charge >= 0.3 is 5.97 Å². The molecule has 0 aliphatic heterocycles. The second-order valence-corrected chi connectivity index (χ2v) is 5.27. The molecular formula is C14H20FNO2. The van der Waals surface area contributed by atoms with Crippen molar-refractivity contribution in [2.45, 2.75) is 45.3 Å². The number of esters is 1. The Kier molecular flexibility index (Phi) is 4.84. The minimum Gasteiger partial charge on any atom is -0.459 e. The van der Waals surface area contributed by atoms with Gasteiger partial charge in [-0.05, 0) is 45.2 Å². The monoisotopic (exact) mass is 253 g/mol. The first kappa shape index (κ1) is 14.6. The van der Waals surface area contributed by atoms with E-state index in [0.29, 0.717) is 18.4 Å². The Morgan fingerprint density at radius 1 is 1.39 bits per heavy atom. The predicted molar refractivity (Wildman–Crippen MR) is 68.5 cm³/mol. The van der Waals surface area contributed by atoms with Crippen molar-refractivity contribution in [1.82, 2.24) is 0 Å². The van der Waals surface area contributed by atoms with Gasteiger partial charge in [-0.1, -0.05) is 18.2 Å². The molecule has 0 spiro atoms. The van der Waals surface area contributed by atoms with E-state index < -0.39 is 17.6 Å². The van der Waals surface area contributed by atoms with Crippen molar-refractivity contribution in [2.75, 3.05) is 0 Å². The van der Waals surface area contributed by atoms with Crippen LogP contribution in [0.3, 0.4) is 0 Å². The van der Waals surface area contributed by atoms with E-state index in [1.54, 1.807) is 39.0 Å². The maximum Gasteiger partial charge on any atom is 0.323 e. The Hall–Kier alpha value is -1.42. The number of halogens is 1. The SMILES string of the molecule is CC(C)(C)OC(=O)C(N)CCc1ccccc1F. The summed E-state index contributed by atoms with van der Waals surface area (Å²) in [4.78, 5) is 11.6. The highest BCUT2D eigenvalue weighted by atomic mass is 19.1. The lowest BCUT2D eigenvalue weighted by Gasteiger charge is -2.22. The molecule has 1 rings (SSSR count). The molecule has 0 saturated heterocycles. The number of nitrogens with two attached hydrogens (primary N) is 1. The summed E-state index contributed by atoms with van der Waals surface area (Å²) in [5.41, 5.74) is 5.74. The molecule has 0 aliphatic carbocycles. The van der Waals surface area contributed by atoms with Crippen molar-refractivity contribution in [3.63, 3.8) is 0 Å². The van der Waals surface area contributed by atoms with E-state index in [4.69, 9.17) is 10.5 Å². The van der Waals surface area contributed by atoms with E-state index in [1.807, 2.05) is 0 Å². The molecular weight excluding hydrogens is 233 g/mol. The number of ether oxygens (including phenoxy) is 1. The Balaban J connectivity index is 2.49. The molecule has 0 heterocycles. The molecule has 0 radical (unpaired) electrons. The summed E-state index contributed by atoms with van der Waals surface area (Å²) in [5, 5.41) is 0. The van der Waals surface area contributed by atoms with Gasteiger partial charge in [0.25, 0.3) is 0 Å². The third-order valence-electron chi connectivity index (χ3n) is 2.39. The number of hydrogen-bond acceptors (Lipinski definition) is 3. The average Bonchev–Trinajstić information content (AvgIpc) is 2.25. The third kappa shape index (κ3) is 4.84. The molecule has 1 aromatic carbocycles. The molecule has 0 aliphatic rings. The molecule has 100 valence electrons. The van der Waals surface area contributed by atoms with Crippen LogP contribution in [0, 0.1) is 5.82 Å². The van der Waals surface area contributed by atoms with Gasteiger partial charge in [0, 0.05) is 0 Å². The molecule has 0 bridgehead atoms. The maximum atomic E-state index is 13.4. The van der Waals surface area contributed by atoms with Gasteiger partial charge in [0.2, 0.25) is 0 Å². The first-order chi connectivity index (χ1) is 8.29. The largest absolute Gasteiger partial charge is 0.459 e. The van der Waals surface area contributed by atoms with Crippen molar-refractivity contribution in [3.05, 3.63) is 35.6 Å². The second kappa shape index (κ2) is 5.96. The summed E-state index contributed by atoms with van der Waals surface area (Å²) in [6.45, 7) is 5.36. The number of aryl methyl sites for hydroxylation is 1. The van der Waals surface area contributed by atoms with Gasteiger partial charge in [-0.2, -0.15) is 0 Å². The van der Waals surface area contributed by atoms with Gasteiger partial charge in [-0.15, -0.1) is 0 Å². The van der Waals surface area contributed by atoms with E-state index in [0.717, 1.165) is 0 Å². The third-order valence-corrected chi connectivity index (χ3v) is 2.39. The average molecular weight is 253 g/mol. The van der Waals surface area contributed by atoms with Crippen LogP contribution in [-0.4, -0.2) is 17.6 Å². The molecule has 4 heteroatoms. The van der Waals surface area contributed by atoms with Crippen LogP contribution in [0.5, 0.6) is 0 Å². The van der Waals surface area contributed by atoms with Crippen LogP contribution in [-0.2, 0) is 16.0 Å². The summed E-state index contributed by atoms with van der Waals surface area (Å²) < 4.78 is 18.5. The van der Waals surface area contributed by atoms with Crippen molar-refractivity contribution < 1.29 is 13.9 Å². The molecule has 0 amide bonds. The fourth-order valence-corrected chi connectivity index (χ4v) is 1.51. The van der Waals surface area contributed by atoms with Crippen LogP contribution < -0.4 is 5.73 Å². The normalized spacial score (nSPS) is 13.2. The fourth-order valence-electron chi connectivity index (χ4n) is 1.51. The fraction of sp³-hybridized carbons (Fsp3) is 0.500. The number of carbonyl (C=O) groups is 1. The zero-order valence-electron chi connectivity index (χ0n) is 11.1.